The molecule has 8 heteroatoms. The van der Waals surface area contributed by atoms with E-state index in [1.54, 1.807) is 35.0 Å². The molecule has 0 radical (unpaired) electrons. The average molecular weight is 363 g/mol. The van der Waals surface area contributed by atoms with Crippen molar-refractivity contribution in [3.8, 4) is 17.0 Å². The van der Waals surface area contributed by atoms with Crippen molar-refractivity contribution in [2.45, 2.75) is 26.3 Å². The summed E-state index contributed by atoms with van der Waals surface area (Å²) >= 11 is 0. The Kier molecular flexibility index (Phi) is 4.58. The number of imidazole rings is 1. The fraction of sp³-hybridized carbons (Fsp3) is 0.222. The fourth-order valence-corrected chi connectivity index (χ4v) is 2.46. The number of hydrogen-bond donors (Lipinski definition) is 1. The second-order valence-corrected chi connectivity index (χ2v) is 6.01. The smallest absolute Gasteiger partial charge is 0.406 e. The summed E-state index contributed by atoms with van der Waals surface area (Å²) in [4.78, 5) is 16.5. The molecule has 0 spiro atoms. The number of pyridine rings is 1. The topological polar surface area (TPSA) is 55.6 Å². The molecule has 0 bridgehead atoms. The van der Waals surface area contributed by atoms with Crippen LogP contribution in [0.4, 0.5) is 13.2 Å². The zero-order chi connectivity index (χ0) is 18.9. The van der Waals surface area contributed by atoms with Crippen LogP contribution in [0.5, 0.6) is 5.75 Å². The number of nitrogens with zero attached hydrogens (tertiary/aromatic N) is 2. The van der Waals surface area contributed by atoms with Crippen molar-refractivity contribution in [3.05, 3.63) is 54.4 Å². The van der Waals surface area contributed by atoms with Crippen molar-refractivity contribution in [1.82, 2.24) is 14.7 Å². The normalized spacial score (nSPS) is 11.8. The van der Waals surface area contributed by atoms with Gasteiger partial charge in [0, 0.05) is 24.0 Å². The zero-order valence-corrected chi connectivity index (χ0v) is 14.0. The lowest BCUT2D eigenvalue weighted by atomic mass is 10.1. The highest BCUT2D eigenvalue weighted by molar-refractivity contribution is 5.94. The van der Waals surface area contributed by atoms with Crippen LogP contribution in [0.25, 0.3) is 16.9 Å². The van der Waals surface area contributed by atoms with Gasteiger partial charge in [0.2, 0.25) is 0 Å². The Morgan fingerprint density at radius 1 is 1.19 bits per heavy atom. The molecule has 2 aromatic heterocycles. The number of carbonyl (C=O) groups excluding carboxylic acids is 1. The van der Waals surface area contributed by atoms with Crippen molar-refractivity contribution in [3.63, 3.8) is 0 Å². The van der Waals surface area contributed by atoms with E-state index in [9.17, 15) is 18.0 Å². The Bertz CT molecular complexity index is 948. The number of aromatic nitrogens is 2. The van der Waals surface area contributed by atoms with Gasteiger partial charge in [0.05, 0.1) is 11.3 Å². The third kappa shape index (κ3) is 4.14. The van der Waals surface area contributed by atoms with Gasteiger partial charge >= 0.3 is 6.36 Å². The van der Waals surface area contributed by atoms with E-state index < -0.39 is 6.36 Å². The highest BCUT2D eigenvalue weighted by Crippen LogP contribution is 2.27. The third-order valence-electron chi connectivity index (χ3n) is 3.50. The number of rotatable bonds is 4. The van der Waals surface area contributed by atoms with Gasteiger partial charge in [-0.2, -0.15) is 0 Å². The first-order valence-corrected chi connectivity index (χ1v) is 7.87. The quantitative estimate of drug-likeness (QED) is 0.761. The van der Waals surface area contributed by atoms with Gasteiger partial charge in [-0.3, -0.25) is 4.79 Å². The van der Waals surface area contributed by atoms with Crippen molar-refractivity contribution < 1.29 is 22.7 Å². The maximum Gasteiger partial charge on any atom is 0.573 e. The van der Waals surface area contributed by atoms with Crippen molar-refractivity contribution in [2.24, 2.45) is 0 Å². The van der Waals surface area contributed by atoms with Crippen LogP contribution in [0.3, 0.4) is 0 Å². The Morgan fingerprint density at radius 3 is 2.65 bits per heavy atom. The van der Waals surface area contributed by atoms with Crippen LogP contribution < -0.4 is 10.1 Å². The SMILES string of the molecule is CC(C)NC(=O)c1ccc2nc(-c3cccc(OC(F)(F)F)c3)cn2c1. The number of fused-ring (bicyclic) bond motifs is 1. The van der Waals surface area contributed by atoms with E-state index >= 15 is 0 Å². The zero-order valence-electron chi connectivity index (χ0n) is 14.0. The Morgan fingerprint density at radius 2 is 1.96 bits per heavy atom. The van der Waals surface area contributed by atoms with Gasteiger partial charge in [0.15, 0.2) is 0 Å². The number of amides is 1. The van der Waals surface area contributed by atoms with Crippen LogP contribution in [0, 0.1) is 0 Å². The molecule has 0 aliphatic carbocycles. The lowest BCUT2D eigenvalue weighted by Gasteiger charge is -2.09. The molecule has 3 aromatic rings. The second kappa shape index (κ2) is 6.70. The largest absolute Gasteiger partial charge is 0.573 e. The molecule has 2 heterocycles. The van der Waals surface area contributed by atoms with E-state index in [1.807, 2.05) is 13.8 Å². The van der Waals surface area contributed by atoms with Gasteiger partial charge in [-0.15, -0.1) is 13.2 Å². The maximum absolute atomic E-state index is 12.4. The number of carbonyl (C=O) groups is 1. The maximum atomic E-state index is 12.4. The molecule has 0 saturated heterocycles. The van der Waals surface area contributed by atoms with Gasteiger partial charge in [-0.05, 0) is 38.1 Å². The molecule has 0 saturated carbocycles. The fourth-order valence-electron chi connectivity index (χ4n) is 2.46. The first kappa shape index (κ1) is 17.8. The predicted octanol–water partition coefficient (Wildman–Crippen LogP) is 4.04. The second-order valence-electron chi connectivity index (χ2n) is 6.01. The molecule has 0 aliphatic heterocycles. The summed E-state index contributed by atoms with van der Waals surface area (Å²) in [6, 6.07) is 8.91. The predicted molar refractivity (Wildman–Crippen MR) is 89.9 cm³/mol. The Hall–Kier alpha value is -3.03. The van der Waals surface area contributed by atoms with E-state index in [2.05, 4.69) is 15.0 Å². The van der Waals surface area contributed by atoms with Crippen LogP contribution in [0.2, 0.25) is 0 Å². The van der Waals surface area contributed by atoms with E-state index in [0.29, 0.717) is 22.5 Å². The molecule has 1 aromatic carbocycles. The molecular formula is C18H16F3N3O2. The molecule has 5 nitrogen and oxygen atoms in total. The number of halogens is 3. The van der Waals surface area contributed by atoms with Gasteiger partial charge in [0.1, 0.15) is 11.4 Å². The third-order valence-corrected chi connectivity index (χ3v) is 3.50. The number of ether oxygens (including phenoxy) is 1. The molecule has 0 atom stereocenters. The number of alkyl halides is 3. The van der Waals surface area contributed by atoms with Crippen molar-refractivity contribution >= 4 is 11.6 Å². The first-order chi connectivity index (χ1) is 12.2. The van der Waals surface area contributed by atoms with E-state index in [0.717, 1.165) is 0 Å². The minimum Gasteiger partial charge on any atom is -0.406 e. The molecule has 1 N–H and O–H groups in total. The summed E-state index contributed by atoms with van der Waals surface area (Å²) < 4.78 is 42.7. The summed E-state index contributed by atoms with van der Waals surface area (Å²) in [5.41, 5.74) is 1.98. The van der Waals surface area contributed by atoms with E-state index in [1.165, 1.54) is 18.2 Å². The minimum atomic E-state index is -4.75. The van der Waals surface area contributed by atoms with E-state index in [-0.39, 0.29) is 17.7 Å². The van der Waals surface area contributed by atoms with Crippen LogP contribution in [-0.2, 0) is 0 Å². The van der Waals surface area contributed by atoms with Gasteiger partial charge in [-0.25, -0.2) is 4.98 Å². The molecule has 1 amide bonds. The molecule has 26 heavy (non-hydrogen) atoms. The molecule has 136 valence electrons. The summed E-state index contributed by atoms with van der Waals surface area (Å²) in [6.45, 7) is 3.73. The Labute approximate surface area is 147 Å². The number of benzene rings is 1. The molecule has 0 fully saturated rings. The van der Waals surface area contributed by atoms with E-state index in [4.69, 9.17) is 0 Å². The minimum absolute atomic E-state index is 0.00733. The summed E-state index contributed by atoms with van der Waals surface area (Å²) in [6.07, 6.45) is -1.48. The van der Waals surface area contributed by atoms with Gasteiger partial charge in [-0.1, -0.05) is 12.1 Å². The molecule has 0 unspecified atom stereocenters. The van der Waals surface area contributed by atoms with Gasteiger partial charge in [0.25, 0.3) is 5.91 Å². The molecule has 0 aliphatic rings. The summed E-state index contributed by atoms with van der Waals surface area (Å²) in [7, 11) is 0. The molecular weight excluding hydrogens is 347 g/mol. The highest BCUT2D eigenvalue weighted by Gasteiger charge is 2.31. The lowest BCUT2D eigenvalue weighted by Crippen LogP contribution is -2.30. The first-order valence-electron chi connectivity index (χ1n) is 7.87. The summed E-state index contributed by atoms with van der Waals surface area (Å²) in [5, 5.41) is 2.80. The number of nitrogens with one attached hydrogen (secondary N) is 1. The standard InChI is InChI=1S/C18H16F3N3O2/c1-11(2)22-17(25)13-6-7-16-23-15(10-24(16)9-13)12-4-3-5-14(8-12)26-18(19,20)21/h3-11H,1-2H3,(H,22,25). The Balaban J connectivity index is 1.92. The average Bonchev–Trinajstić information content (AvgIpc) is 2.96. The van der Waals surface area contributed by atoms with Crippen LogP contribution in [0.1, 0.15) is 24.2 Å². The van der Waals surface area contributed by atoms with Gasteiger partial charge < -0.3 is 14.5 Å². The van der Waals surface area contributed by atoms with Crippen molar-refractivity contribution in [1.29, 1.82) is 0 Å². The van der Waals surface area contributed by atoms with Crippen LogP contribution >= 0.6 is 0 Å². The lowest BCUT2D eigenvalue weighted by molar-refractivity contribution is -0.274. The number of hydrogen-bond acceptors (Lipinski definition) is 3. The molecule has 3 rings (SSSR count). The highest BCUT2D eigenvalue weighted by atomic mass is 19.4. The van der Waals surface area contributed by atoms with Crippen molar-refractivity contribution in [2.75, 3.05) is 0 Å². The van der Waals surface area contributed by atoms with Crippen LogP contribution in [0.15, 0.2) is 48.8 Å². The van der Waals surface area contributed by atoms with Crippen LogP contribution in [-0.4, -0.2) is 27.7 Å². The summed E-state index contributed by atoms with van der Waals surface area (Å²) in [5.74, 6) is -0.526. The monoisotopic (exact) mass is 363 g/mol.